The molecule has 3 heteroatoms. The zero-order valence-electron chi connectivity index (χ0n) is 11.0. The minimum absolute atomic E-state index is 0.100. The molecule has 0 aromatic heterocycles. The predicted molar refractivity (Wildman–Crippen MR) is 67.6 cm³/mol. The van der Waals surface area contributed by atoms with E-state index in [4.69, 9.17) is 4.74 Å². The van der Waals surface area contributed by atoms with Crippen LogP contribution in [0.2, 0.25) is 0 Å². The zero-order chi connectivity index (χ0) is 12.5. The van der Waals surface area contributed by atoms with Crippen LogP contribution in [0.25, 0.3) is 0 Å². The standard InChI is InChI=1S/C15H21NO2/c1-9-3-4-11-5-12(9)14(11)7-15(18-8-14)6-10(2)13(17)16-15/h10-12H,1,3-8H2,2H3,(H,16,17)/t10-,11+,12?,14-,15+/m0/s1. The van der Waals surface area contributed by atoms with Crippen LogP contribution in [-0.4, -0.2) is 18.2 Å². The lowest BCUT2D eigenvalue weighted by Crippen LogP contribution is -2.54. The highest BCUT2D eigenvalue weighted by Gasteiger charge is 2.66. The molecule has 3 nitrogen and oxygen atoms in total. The molecule has 2 bridgehead atoms. The van der Waals surface area contributed by atoms with Gasteiger partial charge in [0, 0.05) is 24.2 Å². The molecule has 3 saturated carbocycles. The second kappa shape index (κ2) is 3.19. The maximum atomic E-state index is 11.8. The third-order valence-corrected chi connectivity index (χ3v) is 6.00. The number of fused-ring (bicyclic) bond motifs is 2. The Hall–Kier alpha value is -0.830. The van der Waals surface area contributed by atoms with Gasteiger partial charge in [-0.05, 0) is 31.1 Å². The summed E-state index contributed by atoms with van der Waals surface area (Å²) in [6.07, 6.45) is 5.65. The first-order valence-electron chi connectivity index (χ1n) is 7.18. The molecule has 2 aliphatic heterocycles. The first kappa shape index (κ1) is 11.0. The van der Waals surface area contributed by atoms with Gasteiger partial charge in [0.1, 0.15) is 5.72 Å². The van der Waals surface area contributed by atoms with Crippen molar-refractivity contribution in [1.82, 2.24) is 5.32 Å². The number of allylic oxidation sites excluding steroid dienone is 1. The Kier molecular flexibility index (Phi) is 1.95. The van der Waals surface area contributed by atoms with Crippen LogP contribution in [0, 0.1) is 23.2 Å². The fourth-order valence-electron chi connectivity index (χ4n) is 4.98. The molecule has 0 radical (unpaired) electrons. The van der Waals surface area contributed by atoms with Gasteiger partial charge in [0.05, 0.1) is 6.61 Å². The van der Waals surface area contributed by atoms with Crippen molar-refractivity contribution >= 4 is 5.91 Å². The van der Waals surface area contributed by atoms with Crippen molar-refractivity contribution in [2.24, 2.45) is 23.2 Å². The molecule has 1 unspecified atom stereocenters. The largest absolute Gasteiger partial charge is 0.355 e. The highest BCUT2D eigenvalue weighted by atomic mass is 16.5. The topological polar surface area (TPSA) is 38.3 Å². The molecule has 1 N–H and O–H groups in total. The molecule has 18 heavy (non-hydrogen) atoms. The summed E-state index contributed by atoms with van der Waals surface area (Å²) in [6, 6.07) is 0. The number of hydrogen-bond donors (Lipinski definition) is 1. The second-order valence-corrected chi connectivity index (χ2v) is 6.97. The molecule has 98 valence electrons. The highest BCUT2D eigenvalue weighted by molar-refractivity contribution is 5.81. The summed E-state index contributed by atoms with van der Waals surface area (Å²) in [7, 11) is 0. The quantitative estimate of drug-likeness (QED) is 0.667. The van der Waals surface area contributed by atoms with Crippen LogP contribution < -0.4 is 5.32 Å². The molecule has 2 saturated heterocycles. The van der Waals surface area contributed by atoms with Crippen molar-refractivity contribution in [2.45, 2.75) is 44.8 Å². The van der Waals surface area contributed by atoms with E-state index in [9.17, 15) is 4.79 Å². The number of nitrogens with one attached hydrogen (secondary N) is 1. The van der Waals surface area contributed by atoms with Gasteiger partial charge >= 0.3 is 0 Å². The van der Waals surface area contributed by atoms with Crippen molar-refractivity contribution < 1.29 is 9.53 Å². The third kappa shape index (κ3) is 1.16. The molecule has 1 amide bonds. The third-order valence-electron chi connectivity index (χ3n) is 6.00. The minimum atomic E-state index is -0.342. The Labute approximate surface area is 108 Å². The highest BCUT2D eigenvalue weighted by Crippen LogP contribution is 2.67. The fraction of sp³-hybridized carbons (Fsp3) is 0.800. The Morgan fingerprint density at radius 2 is 2.33 bits per heavy atom. The predicted octanol–water partition coefficient (Wildman–Crippen LogP) is 2.23. The zero-order valence-corrected chi connectivity index (χ0v) is 11.0. The number of amides is 1. The van der Waals surface area contributed by atoms with Gasteiger partial charge in [0.25, 0.3) is 0 Å². The summed E-state index contributed by atoms with van der Waals surface area (Å²) in [4.78, 5) is 11.8. The summed E-state index contributed by atoms with van der Waals surface area (Å²) in [5.41, 5.74) is 1.40. The van der Waals surface area contributed by atoms with Gasteiger partial charge in [0.2, 0.25) is 5.91 Å². The van der Waals surface area contributed by atoms with Crippen molar-refractivity contribution in [3.63, 3.8) is 0 Å². The Bertz CT molecular complexity index is 444. The molecule has 5 aliphatic rings. The van der Waals surface area contributed by atoms with Crippen LogP contribution in [-0.2, 0) is 9.53 Å². The lowest BCUT2D eigenvalue weighted by molar-refractivity contribution is -0.124. The average molecular weight is 247 g/mol. The van der Waals surface area contributed by atoms with Crippen LogP contribution in [0.4, 0.5) is 0 Å². The summed E-state index contributed by atoms with van der Waals surface area (Å²) in [5.74, 6) is 1.72. The van der Waals surface area contributed by atoms with E-state index in [1.807, 2.05) is 6.92 Å². The van der Waals surface area contributed by atoms with E-state index in [2.05, 4.69) is 11.9 Å². The molecule has 5 rings (SSSR count). The van der Waals surface area contributed by atoms with Gasteiger partial charge in [-0.3, -0.25) is 4.79 Å². The van der Waals surface area contributed by atoms with E-state index in [0.717, 1.165) is 25.4 Å². The normalized spacial score (nSPS) is 53.9. The molecule has 5 atom stereocenters. The van der Waals surface area contributed by atoms with Crippen LogP contribution in [0.3, 0.4) is 0 Å². The van der Waals surface area contributed by atoms with Gasteiger partial charge in [-0.1, -0.05) is 19.1 Å². The van der Waals surface area contributed by atoms with Gasteiger partial charge < -0.3 is 10.1 Å². The monoisotopic (exact) mass is 247 g/mol. The Morgan fingerprint density at radius 3 is 2.94 bits per heavy atom. The van der Waals surface area contributed by atoms with E-state index in [1.165, 1.54) is 24.8 Å². The first-order chi connectivity index (χ1) is 8.55. The summed E-state index contributed by atoms with van der Waals surface area (Å²) in [6.45, 7) is 7.08. The number of rotatable bonds is 0. The van der Waals surface area contributed by atoms with Crippen LogP contribution in [0.15, 0.2) is 12.2 Å². The number of ether oxygens (including phenoxy) is 1. The SMILES string of the molecule is C=C1CC[C@@H]2CC1[C@@]21CO[C@]2(C[C@H](C)C(=O)N2)C1. The molecule has 2 heterocycles. The minimum Gasteiger partial charge on any atom is -0.355 e. The number of carbonyl (C=O) groups excluding carboxylic acids is 1. The van der Waals surface area contributed by atoms with Crippen molar-refractivity contribution in [2.75, 3.05) is 6.61 Å². The van der Waals surface area contributed by atoms with Gasteiger partial charge in [-0.2, -0.15) is 0 Å². The van der Waals surface area contributed by atoms with E-state index in [0.29, 0.717) is 11.3 Å². The smallest absolute Gasteiger partial charge is 0.225 e. The van der Waals surface area contributed by atoms with Gasteiger partial charge in [-0.15, -0.1) is 0 Å². The van der Waals surface area contributed by atoms with E-state index in [1.54, 1.807) is 0 Å². The molecular formula is C15H21NO2. The van der Waals surface area contributed by atoms with Gasteiger partial charge in [0.15, 0.2) is 0 Å². The van der Waals surface area contributed by atoms with Gasteiger partial charge in [-0.25, -0.2) is 0 Å². The number of hydrogen-bond acceptors (Lipinski definition) is 2. The summed E-state index contributed by atoms with van der Waals surface area (Å²) < 4.78 is 6.11. The average Bonchev–Trinajstić information content (AvgIpc) is 2.82. The van der Waals surface area contributed by atoms with E-state index < -0.39 is 0 Å². The fourth-order valence-corrected chi connectivity index (χ4v) is 4.98. The van der Waals surface area contributed by atoms with Crippen LogP contribution >= 0.6 is 0 Å². The lowest BCUT2D eigenvalue weighted by Gasteiger charge is -2.58. The lowest BCUT2D eigenvalue weighted by atomic mass is 9.45. The Balaban J connectivity index is 1.61. The number of carbonyl (C=O) groups is 1. The van der Waals surface area contributed by atoms with E-state index >= 15 is 0 Å². The van der Waals surface area contributed by atoms with Crippen molar-refractivity contribution in [3.05, 3.63) is 12.2 Å². The van der Waals surface area contributed by atoms with E-state index in [-0.39, 0.29) is 17.6 Å². The second-order valence-electron chi connectivity index (χ2n) is 6.97. The molecular weight excluding hydrogens is 226 g/mol. The maximum Gasteiger partial charge on any atom is 0.225 e. The first-order valence-corrected chi connectivity index (χ1v) is 7.18. The molecule has 3 aliphatic carbocycles. The van der Waals surface area contributed by atoms with Crippen LogP contribution in [0.5, 0.6) is 0 Å². The molecule has 2 spiro atoms. The Morgan fingerprint density at radius 1 is 1.50 bits per heavy atom. The van der Waals surface area contributed by atoms with Crippen LogP contribution in [0.1, 0.15) is 39.0 Å². The molecule has 5 fully saturated rings. The summed E-state index contributed by atoms with van der Waals surface area (Å²) in [5, 5.41) is 3.12. The maximum absolute atomic E-state index is 11.8. The van der Waals surface area contributed by atoms with Crippen molar-refractivity contribution in [3.8, 4) is 0 Å². The molecule has 0 aromatic rings. The molecule has 0 aromatic carbocycles. The summed E-state index contributed by atoms with van der Waals surface area (Å²) >= 11 is 0. The van der Waals surface area contributed by atoms with Crippen molar-refractivity contribution in [1.29, 1.82) is 0 Å².